The second kappa shape index (κ2) is 2.35. The number of rotatable bonds is 1. The van der Waals surface area contributed by atoms with Crippen LogP contribution < -0.4 is 5.73 Å². The first kappa shape index (κ1) is 9.31. The van der Waals surface area contributed by atoms with Gasteiger partial charge in [-0.05, 0) is 6.42 Å². The van der Waals surface area contributed by atoms with E-state index in [4.69, 9.17) is 5.73 Å². The number of carbonyl (C=O) groups is 1. The summed E-state index contributed by atoms with van der Waals surface area (Å²) in [4.78, 5) is 10.7. The smallest absolute Gasteiger partial charge is 0.394 e. The van der Waals surface area contributed by atoms with E-state index in [-0.39, 0.29) is 6.42 Å². The van der Waals surface area contributed by atoms with Crippen molar-refractivity contribution in [3.63, 3.8) is 0 Å². The van der Waals surface area contributed by atoms with Crippen molar-refractivity contribution in [3.8, 4) is 0 Å². The van der Waals surface area contributed by atoms with Gasteiger partial charge >= 0.3 is 12.1 Å². The zero-order valence-electron chi connectivity index (χ0n) is 6.31. The molecule has 2 N–H and O–H groups in total. The van der Waals surface area contributed by atoms with Crippen molar-refractivity contribution < 1.29 is 22.7 Å². The number of carbonyl (C=O) groups excluding carboxylic acids is 1. The van der Waals surface area contributed by atoms with Crippen LogP contribution in [0.4, 0.5) is 13.2 Å². The predicted molar refractivity (Wildman–Crippen MR) is 33.1 cm³/mol. The number of esters is 1. The van der Waals surface area contributed by atoms with Gasteiger partial charge in [0.1, 0.15) is 5.54 Å². The first-order valence-electron chi connectivity index (χ1n) is 3.26. The molecule has 1 saturated carbocycles. The van der Waals surface area contributed by atoms with Gasteiger partial charge in [0.05, 0.1) is 13.0 Å². The van der Waals surface area contributed by atoms with Gasteiger partial charge in [-0.1, -0.05) is 0 Å². The minimum absolute atomic E-state index is 0.372. The molecule has 0 aromatic heterocycles. The maximum Gasteiger partial charge on any atom is 0.394 e. The summed E-state index contributed by atoms with van der Waals surface area (Å²) in [6.07, 6.45) is -4.77. The van der Waals surface area contributed by atoms with Gasteiger partial charge in [-0.25, -0.2) is 0 Å². The molecule has 70 valence electrons. The van der Waals surface area contributed by atoms with Crippen molar-refractivity contribution in [2.45, 2.75) is 18.1 Å². The lowest BCUT2D eigenvalue weighted by molar-refractivity contribution is -0.163. The largest absolute Gasteiger partial charge is 0.468 e. The third-order valence-corrected chi connectivity index (χ3v) is 1.96. The molecule has 1 aliphatic rings. The minimum atomic E-state index is -4.40. The SMILES string of the molecule is COC(=O)[C@]1(N)C[C@H]1C(F)(F)F. The van der Waals surface area contributed by atoms with Crippen LogP contribution in [0.1, 0.15) is 6.42 Å². The summed E-state index contributed by atoms with van der Waals surface area (Å²) in [5.74, 6) is -2.73. The standard InChI is InChI=1S/C6H8F3NO2/c1-12-4(11)5(10)2-3(5)6(7,8)9/h3H,2,10H2,1H3/t3-,5+/m1/s1. The second-order valence-electron chi connectivity index (χ2n) is 2.83. The van der Waals surface area contributed by atoms with Gasteiger partial charge in [0, 0.05) is 0 Å². The number of hydrogen-bond acceptors (Lipinski definition) is 3. The predicted octanol–water partition coefficient (Wildman–Crippen LogP) is 0.439. The van der Waals surface area contributed by atoms with Crippen molar-refractivity contribution >= 4 is 5.97 Å². The Hall–Kier alpha value is -0.780. The van der Waals surface area contributed by atoms with E-state index in [9.17, 15) is 18.0 Å². The quantitative estimate of drug-likeness (QED) is 0.600. The Morgan fingerprint density at radius 3 is 2.42 bits per heavy atom. The highest BCUT2D eigenvalue weighted by atomic mass is 19.4. The van der Waals surface area contributed by atoms with Gasteiger partial charge in [0.25, 0.3) is 0 Å². The van der Waals surface area contributed by atoms with Gasteiger partial charge < -0.3 is 10.5 Å². The number of hydrogen-bond donors (Lipinski definition) is 1. The number of nitrogens with two attached hydrogens (primary N) is 1. The zero-order valence-corrected chi connectivity index (χ0v) is 6.31. The summed E-state index contributed by atoms with van der Waals surface area (Å²) in [6.45, 7) is 0. The van der Waals surface area contributed by atoms with E-state index in [1.54, 1.807) is 0 Å². The topological polar surface area (TPSA) is 52.3 Å². The molecule has 12 heavy (non-hydrogen) atoms. The van der Waals surface area contributed by atoms with E-state index in [0.29, 0.717) is 0 Å². The molecular formula is C6H8F3NO2. The summed E-state index contributed by atoms with van der Waals surface area (Å²) >= 11 is 0. The zero-order chi connectivity index (χ0) is 9.57. The van der Waals surface area contributed by atoms with Crippen molar-refractivity contribution in [1.82, 2.24) is 0 Å². The molecule has 0 aromatic rings. The highest BCUT2D eigenvalue weighted by molar-refractivity contribution is 5.84. The molecular weight excluding hydrogens is 175 g/mol. The monoisotopic (exact) mass is 183 g/mol. The van der Waals surface area contributed by atoms with E-state index in [0.717, 1.165) is 7.11 Å². The molecule has 0 saturated heterocycles. The van der Waals surface area contributed by atoms with Gasteiger partial charge in [0.15, 0.2) is 0 Å². The first-order chi connectivity index (χ1) is 5.32. The van der Waals surface area contributed by atoms with Gasteiger partial charge in [-0.3, -0.25) is 4.79 Å². The summed E-state index contributed by atoms with van der Waals surface area (Å²) in [5.41, 5.74) is 3.31. The van der Waals surface area contributed by atoms with Crippen molar-refractivity contribution in [3.05, 3.63) is 0 Å². The molecule has 0 bridgehead atoms. The molecule has 0 radical (unpaired) electrons. The molecule has 3 nitrogen and oxygen atoms in total. The molecule has 0 amide bonds. The number of halogens is 3. The Morgan fingerprint density at radius 2 is 2.17 bits per heavy atom. The Morgan fingerprint density at radius 1 is 1.67 bits per heavy atom. The Kier molecular flexibility index (Phi) is 1.82. The molecule has 6 heteroatoms. The maximum absolute atomic E-state index is 11.9. The number of methoxy groups -OCH3 is 1. The summed E-state index contributed by atoms with van der Waals surface area (Å²) in [7, 11) is 1.02. The lowest BCUT2D eigenvalue weighted by atomic mass is 10.2. The van der Waals surface area contributed by atoms with Crippen LogP contribution in [0.25, 0.3) is 0 Å². The molecule has 1 fully saturated rings. The Balaban J connectivity index is 2.66. The van der Waals surface area contributed by atoms with E-state index in [1.165, 1.54) is 0 Å². The fraction of sp³-hybridized carbons (Fsp3) is 0.833. The Labute approximate surface area is 66.7 Å². The summed E-state index contributed by atoms with van der Waals surface area (Å²) in [5, 5.41) is 0. The van der Waals surface area contributed by atoms with Crippen LogP contribution in [0.15, 0.2) is 0 Å². The normalized spacial score (nSPS) is 34.6. The average molecular weight is 183 g/mol. The van der Waals surface area contributed by atoms with E-state index < -0.39 is 23.6 Å². The van der Waals surface area contributed by atoms with Crippen LogP contribution in [0, 0.1) is 5.92 Å². The molecule has 1 aliphatic carbocycles. The molecule has 0 spiro atoms. The van der Waals surface area contributed by atoms with Crippen molar-refractivity contribution in [1.29, 1.82) is 0 Å². The molecule has 0 unspecified atom stereocenters. The van der Waals surface area contributed by atoms with Crippen molar-refractivity contribution in [2.24, 2.45) is 11.7 Å². The van der Waals surface area contributed by atoms with Gasteiger partial charge in [-0.15, -0.1) is 0 Å². The molecule has 1 rings (SSSR count). The van der Waals surface area contributed by atoms with Crippen LogP contribution in [0.2, 0.25) is 0 Å². The maximum atomic E-state index is 11.9. The van der Waals surface area contributed by atoms with Gasteiger partial charge in [-0.2, -0.15) is 13.2 Å². The van der Waals surface area contributed by atoms with Gasteiger partial charge in [0.2, 0.25) is 0 Å². The van der Waals surface area contributed by atoms with E-state index >= 15 is 0 Å². The molecule has 0 heterocycles. The lowest BCUT2D eigenvalue weighted by Crippen LogP contribution is -2.39. The third-order valence-electron chi connectivity index (χ3n) is 1.96. The second-order valence-corrected chi connectivity index (χ2v) is 2.83. The molecule has 0 aromatic carbocycles. The van der Waals surface area contributed by atoms with Crippen LogP contribution >= 0.6 is 0 Å². The molecule has 0 aliphatic heterocycles. The summed E-state index contributed by atoms with van der Waals surface area (Å²) < 4.78 is 40.0. The van der Waals surface area contributed by atoms with Crippen LogP contribution in [-0.4, -0.2) is 24.8 Å². The van der Waals surface area contributed by atoms with Crippen molar-refractivity contribution in [2.75, 3.05) is 7.11 Å². The highest BCUT2D eigenvalue weighted by Crippen LogP contribution is 2.52. The average Bonchev–Trinajstić information content (AvgIpc) is 2.61. The van der Waals surface area contributed by atoms with Crippen LogP contribution in [0.3, 0.4) is 0 Å². The fourth-order valence-corrected chi connectivity index (χ4v) is 1.10. The molecule has 2 atom stereocenters. The lowest BCUT2D eigenvalue weighted by Gasteiger charge is -2.10. The van der Waals surface area contributed by atoms with E-state index in [1.807, 2.05) is 0 Å². The Bertz CT molecular complexity index is 215. The van der Waals surface area contributed by atoms with Crippen LogP contribution in [0.5, 0.6) is 0 Å². The fourth-order valence-electron chi connectivity index (χ4n) is 1.10. The highest BCUT2D eigenvalue weighted by Gasteiger charge is 2.69. The van der Waals surface area contributed by atoms with Crippen LogP contribution in [-0.2, 0) is 9.53 Å². The first-order valence-corrected chi connectivity index (χ1v) is 3.26. The number of ether oxygens (including phenoxy) is 1. The van der Waals surface area contributed by atoms with E-state index in [2.05, 4.69) is 4.74 Å². The summed E-state index contributed by atoms with van der Waals surface area (Å²) in [6, 6.07) is 0. The third kappa shape index (κ3) is 1.26. The number of alkyl halides is 3. The minimum Gasteiger partial charge on any atom is -0.468 e.